The average Bonchev–Trinajstić information content (AvgIpc) is 3.20. The van der Waals surface area contributed by atoms with Crippen LogP contribution in [0.25, 0.3) is 11.0 Å². The molecule has 0 spiro atoms. The van der Waals surface area contributed by atoms with Gasteiger partial charge in [0.1, 0.15) is 0 Å². The molecule has 0 amide bonds. The van der Waals surface area contributed by atoms with Crippen molar-refractivity contribution in [2.75, 3.05) is 6.61 Å². The number of carbonyl (C=O) groups is 1. The average molecular weight is 447 g/mol. The smallest absolute Gasteiger partial charge is 0.311 e. The first-order valence-corrected chi connectivity index (χ1v) is 11.7. The van der Waals surface area contributed by atoms with Crippen molar-refractivity contribution < 1.29 is 14.6 Å². The molecule has 33 heavy (non-hydrogen) atoms. The number of pyridine rings is 1. The highest BCUT2D eigenvalue weighted by atomic mass is 16.5. The molecule has 2 aromatic heterocycles. The summed E-state index contributed by atoms with van der Waals surface area (Å²) in [4.78, 5) is 21.0. The van der Waals surface area contributed by atoms with Crippen LogP contribution in [0.2, 0.25) is 0 Å². The summed E-state index contributed by atoms with van der Waals surface area (Å²) in [6.45, 7) is 5.20. The summed E-state index contributed by atoms with van der Waals surface area (Å²) >= 11 is 0. The number of nitrogens with zero attached hydrogens (tertiary/aromatic N) is 4. The predicted molar refractivity (Wildman–Crippen MR) is 125 cm³/mol. The van der Waals surface area contributed by atoms with Crippen molar-refractivity contribution >= 4 is 17.0 Å². The molecule has 2 unspecified atom stereocenters. The molecular weight excluding hydrogens is 416 g/mol. The summed E-state index contributed by atoms with van der Waals surface area (Å²) in [5.74, 6) is -0.0195. The van der Waals surface area contributed by atoms with Crippen LogP contribution in [-0.2, 0) is 11.3 Å². The molecule has 1 aliphatic rings. The van der Waals surface area contributed by atoms with Gasteiger partial charge in [-0.1, -0.05) is 12.8 Å². The zero-order chi connectivity index (χ0) is 23.4. The van der Waals surface area contributed by atoms with Crippen molar-refractivity contribution in [1.29, 1.82) is 5.26 Å². The number of rotatable bonds is 8. The standard InChI is InChI=1S/C26H30N4O3/c1-3-33-25-9-17(2)22(14-28-25)21(26(31)32)11-18-5-4-6-20(10-18)15-30-16-29-23-8-7-19(13-27)12-24(23)30/h7-9,12,14,16,18,20-21H,3-6,10-11,15H2,1-2H3,(H,31,32)/t18?,20-,21?/m0/s1. The minimum atomic E-state index is -0.796. The summed E-state index contributed by atoms with van der Waals surface area (Å²) in [5, 5.41) is 19.2. The van der Waals surface area contributed by atoms with E-state index in [4.69, 9.17) is 4.74 Å². The highest BCUT2D eigenvalue weighted by Gasteiger charge is 2.30. The zero-order valence-corrected chi connectivity index (χ0v) is 19.2. The number of benzene rings is 1. The van der Waals surface area contributed by atoms with Crippen molar-refractivity contribution in [2.45, 2.75) is 58.4 Å². The maximum absolute atomic E-state index is 12.2. The maximum atomic E-state index is 12.2. The molecule has 0 bridgehead atoms. The Morgan fingerprint density at radius 1 is 1.30 bits per heavy atom. The first-order chi connectivity index (χ1) is 16.0. The van der Waals surface area contributed by atoms with Gasteiger partial charge in [0, 0.05) is 18.8 Å². The number of ether oxygens (including phenoxy) is 1. The topological polar surface area (TPSA) is 101 Å². The van der Waals surface area contributed by atoms with Crippen molar-refractivity contribution in [2.24, 2.45) is 11.8 Å². The van der Waals surface area contributed by atoms with Crippen LogP contribution in [0.1, 0.15) is 61.6 Å². The number of carboxylic acid groups (broad SMARTS) is 1. The lowest BCUT2D eigenvalue weighted by molar-refractivity contribution is -0.139. The van der Waals surface area contributed by atoms with Crippen LogP contribution < -0.4 is 4.74 Å². The Kier molecular flexibility index (Phi) is 6.93. The number of imidazole rings is 1. The molecule has 1 fully saturated rings. The van der Waals surface area contributed by atoms with E-state index in [-0.39, 0.29) is 0 Å². The molecule has 1 saturated carbocycles. The van der Waals surface area contributed by atoms with E-state index in [2.05, 4.69) is 20.6 Å². The van der Waals surface area contributed by atoms with Gasteiger partial charge in [0.05, 0.1) is 41.5 Å². The van der Waals surface area contributed by atoms with Crippen LogP contribution in [-0.4, -0.2) is 32.2 Å². The van der Waals surface area contributed by atoms with E-state index in [1.54, 1.807) is 12.3 Å². The Balaban J connectivity index is 1.47. The Morgan fingerprint density at radius 2 is 2.12 bits per heavy atom. The molecule has 1 aliphatic carbocycles. The van der Waals surface area contributed by atoms with Gasteiger partial charge in [-0.15, -0.1) is 0 Å². The SMILES string of the molecule is CCOc1cc(C)c(C(CC2CCC[C@H](Cn3cnc4ccc(C#N)cc43)C2)C(=O)O)cn1. The molecule has 0 aliphatic heterocycles. The number of aryl methyl sites for hydroxylation is 1. The van der Waals surface area contributed by atoms with Gasteiger partial charge in [-0.2, -0.15) is 5.26 Å². The van der Waals surface area contributed by atoms with Crippen molar-refractivity contribution in [3.05, 3.63) is 53.5 Å². The summed E-state index contributed by atoms with van der Waals surface area (Å²) in [5.41, 5.74) is 4.19. The number of nitriles is 1. The Hall–Kier alpha value is -3.40. The molecule has 0 radical (unpaired) electrons. The third-order valence-corrected chi connectivity index (χ3v) is 6.76. The van der Waals surface area contributed by atoms with Gasteiger partial charge in [-0.25, -0.2) is 9.97 Å². The van der Waals surface area contributed by atoms with E-state index in [0.29, 0.717) is 36.3 Å². The van der Waals surface area contributed by atoms with E-state index in [0.717, 1.165) is 54.4 Å². The number of hydrogen-bond acceptors (Lipinski definition) is 5. The van der Waals surface area contributed by atoms with Crippen LogP contribution in [0, 0.1) is 30.1 Å². The minimum Gasteiger partial charge on any atom is -0.481 e. The molecule has 1 N–H and O–H groups in total. The summed E-state index contributed by atoms with van der Waals surface area (Å²) < 4.78 is 7.59. The molecular formula is C26H30N4O3. The van der Waals surface area contributed by atoms with Crippen molar-refractivity contribution in [3.63, 3.8) is 0 Å². The third-order valence-electron chi connectivity index (χ3n) is 6.76. The van der Waals surface area contributed by atoms with Gasteiger partial charge < -0.3 is 14.4 Å². The molecule has 172 valence electrons. The van der Waals surface area contributed by atoms with E-state index in [1.165, 1.54) is 0 Å². The predicted octanol–water partition coefficient (Wildman–Crippen LogP) is 5.08. The van der Waals surface area contributed by atoms with Gasteiger partial charge in [-0.05, 0) is 74.3 Å². The van der Waals surface area contributed by atoms with E-state index >= 15 is 0 Å². The van der Waals surface area contributed by atoms with Crippen LogP contribution in [0.3, 0.4) is 0 Å². The first-order valence-electron chi connectivity index (χ1n) is 11.7. The lowest BCUT2D eigenvalue weighted by Crippen LogP contribution is -2.24. The summed E-state index contributed by atoms with van der Waals surface area (Å²) in [6.07, 6.45) is 8.39. The van der Waals surface area contributed by atoms with Crippen molar-refractivity contribution in [3.8, 4) is 11.9 Å². The highest BCUT2D eigenvalue weighted by Crippen LogP contribution is 2.38. The van der Waals surface area contributed by atoms with Gasteiger partial charge in [-0.3, -0.25) is 4.79 Å². The fourth-order valence-corrected chi connectivity index (χ4v) is 5.16. The quantitative estimate of drug-likeness (QED) is 0.518. The Morgan fingerprint density at radius 3 is 2.85 bits per heavy atom. The molecule has 7 nitrogen and oxygen atoms in total. The van der Waals surface area contributed by atoms with E-state index in [1.807, 2.05) is 38.4 Å². The second kappa shape index (κ2) is 10.0. The molecule has 3 atom stereocenters. The fourth-order valence-electron chi connectivity index (χ4n) is 5.16. The lowest BCUT2D eigenvalue weighted by Gasteiger charge is -2.31. The number of aromatic nitrogens is 3. The molecule has 3 aromatic rings. The number of carboxylic acids is 1. The van der Waals surface area contributed by atoms with Crippen LogP contribution in [0.15, 0.2) is 36.8 Å². The highest BCUT2D eigenvalue weighted by molar-refractivity contribution is 5.77. The zero-order valence-electron chi connectivity index (χ0n) is 19.2. The van der Waals surface area contributed by atoms with Crippen LogP contribution in [0.5, 0.6) is 5.88 Å². The van der Waals surface area contributed by atoms with Gasteiger partial charge in [0.25, 0.3) is 0 Å². The normalized spacial score (nSPS) is 19.2. The fraction of sp³-hybridized carbons (Fsp3) is 0.462. The number of aliphatic carboxylic acids is 1. The maximum Gasteiger partial charge on any atom is 0.311 e. The largest absolute Gasteiger partial charge is 0.481 e. The number of fused-ring (bicyclic) bond motifs is 1. The molecule has 1 aromatic carbocycles. The van der Waals surface area contributed by atoms with Crippen molar-refractivity contribution in [1.82, 2.24) is 14.5 Å². The summed E-state index contributed by atoms with van der Waals surface area (Å²) in [6, 6.07) is 9.60. The van der Waals surface area contributed by atoms with Gasteiger partial charge in [0.2, 0.25) is 5.88 Å². The van der Waals surface area contributed by atoms with E-state index in [9.17, 15) is 15.2 Å². The lowest BCUT2D eigenvalue weighted by atomic mass is 9.76. The Labute approximate surface area is 194 Å². The minimum absolute atomic E-state index is 0.347. The third kappa shape index (κ3) is 5.16. The van der Waals surface area contributed by atoms with Gasteiger partial charge >= 0.3 is 5.97 Å². The molecule has 4 rings (SSSR count). The van der Waals surface area contributed by atoms with E-state index < -0.39 is 11.9 Å². The number of hydrogen-bond donors (Lipinski definition) is 1. The first kappa shape index (κ1) is 22.8. The summed E-state index contributed by atoms with van der Waals surface area (Å²) in [7, 11) is 0. The molecule has 2 heterocycles. The van der Waals surface area contributed by atoms with Crippen LogP contribution in [0.4, 0.5) is 0 Å². The molecule has 7 heteroatoms. The Bertz CT molecular complexity index is 1180. The molecule has 0 saturated heterocycles. The van der Waals surface area contributed by atoms with Gasteiger partial charge in [0.15, 0.2) is 0 Å². The second-order valence-corrected chi connectivity index (χ2v) is 9.05. The monoisotopic (exact) mass is 446 g/mol. The second-order valence-electron chi connectivity index (χ2n) is 9.05. The van der Waals surface area contributed by atoms with Crippen LogP contribution >= 0.6 is 0 Å².